The SMILES string of the molecule is O=C(CCCC(=O)Oc1cccc(C(F)(F)F)c1F)OCC(F)(F)C(F)(F)C(F)(F)C(F)F. The molecule has 0 saturated carbocycles. The van der Waals surface area contributed by atoms with Crippen LogP contribution in [0.4, 0.5) is 52.7 Å². The Morgan fingerprint density at radius 3 is 1.94 bits per heavy atom. The summed E-state index contributed by atoms with van der Waals surface area (Å²) in [5.41, 5.74) is -1.74. The number of rotatable bonds is 10. The Balaban J connectivity index is 2.59. The molecule has 0 aliphatic heterocycles. The van der Waals surface area contributed by atoms with Crippen LogP contribution >= 0.6 is 0 Å². The monoisotopic (exact) mass is 508 g/mol. The van der Waals surface area contributed by atoms with E-state index in [4.69, 9.17) is 0 Å². The molecule has 0 bridgehead atoms. The summed E-state index contributed by atoms with van der Waals surface area (Å²) < 4.78 is 161. The summed E-state index contributed by atoms with van der Waals surface area (Å²) >= 11 is 0. The third-order valence-electron chi connectivity index (χ3n) is 3.82. The summed E-state index contributed by atoms with van der Waals surface area (Å²) in [7, 11) is 0. The first-order valence-electron chi connectivity index (χ1n) is 8.48. The lowest BCUT2D eigenvalue weighted by molar-refractivity contribution is -0.344. The highest BCUT2D eigenvalue weighted by Crippen LogP contribution is 2.48. The van der Waals surface area contributed by atoms with E-state index in [0.29, 0.717) is 12.1 Å². The summed E-state index contributed by atoms with van der Waals surface area (Å²) in [6, 6.07) is 1.76. The van der Waals surface area contributed by atoms with Crippen LogP contribution in [-0.4, -0.2) is 42.7 Å². The maximum absolute atomic E-state index is 13.7. The summed E-state index contributed by atoms with van der Waals surface area (Å²) in [6.45, 7) is -2.69. The number of carbonyl (C=O) groups is 2. The Labute approximate surface area is 176 Å². The molecule has 0 amide bonds. The van der Waals surface area contributed by atoms with Crippen LogP contribution in [0.2, 0.25) is 0 Å². The summed E-state index contributed by atoms with van der Waals surface area (Å²) in [6.07, 6.45) is -12.7. The smallest absolute Gasteiger partial charge is 0.419 e. The van der Waals surface area contributed by atoms with Crippen molar-refractivity contribution in [3.05, 3.63) is 29.6 Å². The second-order valence-corrected chi connectivity index (χ2v) is 6.31. The van der Waals surface area contributed by atoms with Crippen LogP contribution in [0, 0.1) is 5.82 Å². The van der Waals surface area contributed by atoms with Crippen molar-refractivity contribution in [1.29, 1.82) is 0 Å². The predicted molar refractivity (Wildman–Crippen MR) is 82.7 cm³/mol. The van der Waals surface area contributed by atoms with Gasteiger partial charge in [-0.1, -0.05) is 6.07 Å². The Morgan fingerprint density at radius 1 is 0.879 bits per heavy atom. The minimum atomic E-state index is -6.58. The van der Waals surface area contributed by atoms with Crippen molar-refractivity contribution in [2.24, 2.45) is 0 Å². The molecular formula is C17H12F12O4. The molecule has 0 atom stereocenters. The normalized spacial score (nSPS) is 13.2. The molecule has 0 unspecified atom stereocenters. The van der Waals surface area contributed by atoms with Crippen LogP contribution in [0.1, 0.15) is 24.8 Å². The van der Waals surface area contributed by atoms with Gasteiger partial charge in [0, 0.05) is 12.8 Å². The molecule has 0 aromatic heterocycles. The molecule has 1 aromatic rings. The van der Waals surface area contributed by atoms with Gasteiger partial charge in [-0.2, -0.15) is 39.5 Å². The van der Waals surface area contributed by atoms with E-state index in [2.05, 4.69) is 9.47 Å². The first-order chi connectivity index (χ1) is 14.8. The van der Waals surface area contributed by atoms with Gasteiger partial charge < -0.3 is 9.47 Å². The van der Waals surface area contributed by atoms with Crippen LogP contribution in [0.3, 0.4) is 0 Å². The number of benzene rings is 1. The summed E-state index contributed by atoms with van der Waals surface area (Å²) in [5, 5.41) is 0. The average molecular weight is 508 g/mol. The highest BCUT2D eigenvalue weighted by Gasteiger charge is 2.75. The summed E-state index contributed by atoms with van der Waals surface area (Å²) in [4.78, 5) is 22.8. The maximum Gasteiger partial charge on any atom is 0.419 e. The fourth-order valence-corrected chi connectivity index (χ4v) is 2.07. The molecule has 16 heteroatoms. The lowest BCUT2D eigenvalue weighted by atomic mass is 10.1. The number of carbonyl (C=O) groups excluding carboxylic acids is 2. The lowest BCUT2D eigenvalue weighted by Gasteiger charge is -2.31. The number of alkyl halides is 11. The van der Waals surface area contributed by atoms with Crippen LogP contribution < -0.4 is 4.74 Å². The van der Waals surface area contributed by atoms with Crippen molar-refractivity contribution in [2.75, 3.05) is 6.61 Å². The molecule has 0 saturated heterocycles. The van der Waals surface area contributed by atoms with E-state index in [0.717, 1.165) is 6.07 Å². The Morgan fingerprint density at radius 2 is 1.42 bits per heavy atom. The molecule has 188 valence electrons. The predicted octanol–water partition coefficient (Wildman–Crippen LogP) is 5.63. The van der Waals surface area contributed by atoms with Crippen molar-refractivity contribution >= 4 is 11.9 Å². The molecule has 1 rings (SSSR count). The van der Waals surface area contributed by atoms with E-state index < -0.39 is 85.3 Å². The molecule has 0 radical (unpaired) electrons. The minimum absolute atomic E-state index is 0.360. The van der Waals surface area contributed by atoms with E-state index in [1.54, 1.807) is 0 Å². The third-order valence-corrected chi connectivity index (χ3v) is 3.82. The van der Waals surface area contributed by atoms with E-state index in [-0.39, 0.29) is 0 Å². The molecule has 0 aliphatic rings. The first-order valence-corrected chi connectivity index (χ1v) is 8.48. The Hall–Kier alpha value is -2.68. The zero-order valence-electron chi connectivity index (χ0n) is 15.8. The number of ether oxygens (including phenoxy) is 2. The van der Waals surface area contributed by atoms with Crippen LogP contribution in [0.25, 0.3) is 0 Å². The number of esters is 2. The fraction of sp³-hybridized carbons (Fsp3) is 0.529. The molecule has 0 aliphatic carbocycles. The molecule has 0 N–H and O–H groups in total. The Kier molecular flexibility index (Phi) is 8.65. The molecule has 0 spiro atoms. The number of hydrogen-bond donors (Lipinski definition) is 0. The van der Waals surface area contributed by atoms with Gasteiger partial charge in [-0.05, 0) is 18.6 Å². The minimum Gasteiger partial charge on any atom is -0.459 e. The van der Waals surface area contributed by atoms with Crippen molar-refractivity contribution in [1.82, 2.24) is 0 Å². The van der Waals surface area contributed by atoms with E-state index in [9.17, 15) is 62.3 Å². The second kappa shape index (κ2) is 10.1. The second-order valence-electron chi connectivity index (χ2n) is 6.31. The van der Waals surface area contributed by atoms with Gasteiger partial charge in [0.05, 0.1) is 5.56 Å². The highest BCUT2D eigenvalue weighted by molar-refractivity contribution is 5.74. The molecule has 0 heterocycles. The van der Waals surface area contributed by atoms with Gasteiger partial charge in [-0.25, -0.2) is 13.2 Å². The lowest BCUT2D eigenvalue weighted by Crippen LogP contribution is -2.59. The zero-order valence-corrected chi connectivity index (χ0v) is 15.8. The quantitative estimate of drug-likeness (QED) is 0.234. The number of halogens is 12. The fourth-order valence-electron chi connectivity index (χ4n) is 2.07. The van der Waals surface area contributed by atoms with Crippen molar-refractivity contribution in [3.8, 4) is 5.75 Å². The van der Waals surface area contributed by atoms with E-state index in [1.807, 2.05) is 0 Å². The van der Waals surface area contributed by atoms with Crippen molar-refractivity contribution in [3.63, 3.8) is 0 Å². The zero-order chi connectivity index (χ0) is 25.8. The molecular weight excluding hydrogens is 496 g/mol. The van der Waals surface area contributed by atoms with Crippen LogP contribution in [-0.2, 0) is 20.5 Å². The average Bonchev–Trinajstić information content (AvgIpc) is 2.66. The molecule has 33 heavy (non-hydrogen) atoms. The maximum atomic E-state index is 13.7. The Bertz CT molecular complexity index is 851. The van der Waals surface area contributed by atoms with Crippen molar-refractivity contribution < 1.29 is 71.7 Å². The molecule has 4 nitrogen and oxygen atoms in total. The van der Waals surface area contributed by atoms with Gasteiger partial charge in [0.15, 0.2) is 18.2 Å². The van der Waals surface area contributed by atoms with Crippen LogP contribution in [0.5, 0.6) is 5.75 Å². The van der Waals surface area contributed by atoms with Gasteiger partial charge in [0.1, 0.15) is 0 Å². The molecule has 0 fully saturated rings. The largest absolute Gasteiger partial charge is 0.459 e. The topological polar surface area (TPSA) is 52.6 Å². The van der Waals surface area contributed by atoms with E-state index >= 15 is 0 Å². The van der Waals surface area contributed by atoms with Crippen LogP contribution in [0.15, 0.2) is 18.2 Å². The standard InChI is InChI=1S/C17H12F12O4/c18-12-8(16(25,26)27)3-1-4-9(12)33-11(31)6-2-5-10(30)32-7-14(21,22)17(28,29)15(23,24)13(19)20/h1,3-4,13H,2,5-7H2. The first kappa shape index (κ1) is 28.4. The van der Waals surface area contributed by atoms with Gasteiger partial charge >= 0.3 is 42.3 Å². The van der Waals surface area contributed by atoms with Crippen molar-refractivity contribution in [2.45, 2.75) is 49.6 Å². The van der Waals surface area contributed by atoms with E-state index in [1.165, 1.54) is 0 Å². The van der Waals surface area contributed by atoms with Gasteiger partial charge in [-0.3, -0.25) is 9.59 Å². The highest BCUT2D eigenvalue weighted by atomic mass is 19.4. The summed E-state index contributed by atoms with van der Waals surface area (Å²) in [5.74, 6) is -25.0. The number of hydrogen-bond acceptors (Lipinski definition) is 4. The third kappa shape index (κ3) is 6.66. The van der Waals surface area contributed by atoms with Gasteiger partial charge in [0.2, 0.25) is 0 Å². The van der Waals surface area contributed by atoms with Gasteiger partial charge in [0.25, 0.3) is 0 Å². The molecule has 1 aromatic carbocycles. The van der Waals surface area contributed by atoms with Gasteiger partial charge in [-0.15, -0.1) is 0 Å².